The Bertz CT molecular complexity index is 1010. The van der Waals surface area contributed by atoms with E-state index in [4.69, 9.17) is 21.7 Å². The van der Waals surface area contributed by atoms with Crippen LogP contribution in [0.3, 0.4) is 0 Å². The summed E-state index contributed by atoms with van der Waals surface area (Å²) in [6, 6.07) is 17.4. The van der Waals surface area contributed by atoms with Crippen molar-refractivity contribution < 1.29 is 19.1 Å². The molecule has 0 aliphatic heterocycles. The zero-order chi connectivity index (χ0) is 20.1. The fourth-order valence-corrected chi connectivity index (χ4v) is 2.77. The Kier molecular flexibility index (Phi) is 5.86. The molecule has 0 atom stereocenters. The van der Waals surface area contributed by atoms with Crippen molar-refractivity contribution >= 4 is 34.9 Å². The molecule has 0 aliphatic carbocycles. The van der Waals surface area contributed by atoms with E-state index in [1.165, 1.54) is 6.07 Å². The van der Waals surface area contributed by atoms with E-state index in [1.807, 2.05) is 12.1 Å². The number of hydrogen-bond acceptors (Lipinski definition) is 4. The van der Waals surface area contributed by atoms with Crippen molar-refractivity contribution in [1.82, 2.24) is 5.32 Å². The molecule has 142 valence electrons. The van der Waals surface area contributed by atoms with Gasteiger partial charge in [0.25, 0.3) is 5.91 Å². The Morgan fingerprint density at radius 3 is 2.25 bits per heavy atom. The summed E-state index contributed by atoms with van der Waals surface area (Å²) in [7, 11) is 0. The molecule has 1 amide bonds. The van der Waals surface area contributed by atoms with E-state index in [9.17, 15) is 9.59 Å². The van der Waals surface area contributed by atoms with Crippen molar-refractivity contribution in [2.45, 2.75) is 13.3 Å². The molecule has 7 heteroatoms. The van der Waals surface area contributed by atoms with Gasteiger partial charge in [-0.3, -0.25) is 10.1 Å². The van der Waals surface area contributed by atoms with Crippen LogP contribution in [0, 0.1) is 0 Å². The van der Waals surface area contributed by atoms with Gasteiger partial charge in [0.15, 0.2) is 5.11 Å². The average Bonchev–Trinajstić information content (AvgIpc) is 3.19. The highest BCUT2D eigenvalue weighted by atomic mass is 32.1. The number of thiocarbonyl (C=S) groups is 1. The maximum absolute atomic E-state index is 12.2. The monoisotopic (exact) mass is 394 g/mol. The van der Waals surface area contributed by atoms with Gasteiger partial charge in [0.05, 0.1) is 0 Å². The number of aryl methyl sites for hydroxylation is 1. The lowest BCUT2D eigenvalue weighted by Crippen LogP contribution is -2.34. The first-order valence-corrected chi connectivity index (χ1v) is 9.02. The van der Waals surface area contributed by atoms with Crippen molar-refractivity contribution in [2.75, 3.05) is 5.32 Å². The van der Waals surface area contributed by atoms with Gasteiger partial charge in [-0.25, -0.2) is 4.79 Å². The molecule has 3 N–H and O–H groups in total. The van der Waals surface area contributed by atoms with Crippen molar-refractivity contribution in [3.05, 3.63) is 77.6 Å². The Balaban J connectivity index is 1.60. The second kappa shape index (κ2) is 8.49. The molecule has 0 unspecified atom stereocenters. The summed E-state index contributed by atoms with van der Waals surface area (Å²) in [5.74, 6) is -1.06. The van der Waals surface area contributed by atoms with Gasteiger partial charge in [-0.2, -0.15) is 0 Å². The molecule has 28 heavy (non-hydrogen) atoms. The van der Waals surface area contributed by atoms with Crippen LogP contribution in [0.4, 0.5) is 5.69 Å². The van der Waals surface area contributed by atoms with Crippen LogP contribution in [0.2, 0.25) is 0 Å². The SMILES string of the molecule is CCc1ccc(C(=O)NC(=S)Nc2ccc(-c3ccc(C(=O)O)o3)cc2)cc1. The summed E-state index contributed by atoms with van der Waals surface area (Å²) in [4.78, 5) is 23.1. The average molecular weight is 394 g/mol. The van der Waals surface area contributed by atoms with Crippen LogP contribution in [-0.4, -0.2) is 22.1 Å². The van der Waals surface area contributed by atoms with Crippen molar-refractivity contribution in [3.63, 3.8) is 0 Å². The summed E-state index contributed by atoms with van der Waals surface area (Å²) in [6.07, 6.45) is 0.910. The minimum Gasteiger partial charge on any atom is -0.475 e. The van der Waals surface area contributed by atoms with Crippen molar-refractivity contribution in [3.8, 4) is 11.3 Å². The Morgan fingerprint density at radius 2 is 1.68 bits per heavy atom. The van der Waals surface area contributed by atoms with Crippen LogP contribution >= 0.6 is 12.2 Å². The molecule has 0 spiro atoms. The predicted octanol–water partition coefficient (Wildman–Crippen LogP) is 4.33. The van der Waals surface area contributed by atoms with Gasteiger partial charge in [-0.05, 0) is 72.7 Å². The van der Waals surface area contributed by atoms with Gasteiger partial charge in [0.2, 0.25) is 5.76 Å². The highest BCUT2D eigenvalue weighted by Gasteiger charge is 2.11. The van der Waals surface area contributed by atoms with Gasteiger partial charge >= 0.3 is 5.97 Å². The van der Waals surface area contributed by atoms with Crippen LogP contribution in [-0.2, 0) is 6.42 Å². The lowest BCUT2D eigenvalue weighted by Gasteiger charge is -2.10. The molecule has 0 fully saturated rings. The third-order valence-electron chi connectivity index (χ3n) is 4.10. The molecule has 0 aliphatic rings. The number of carboxylic acids is 1. The molecule has 3 aromatic rings. The molecular formula is C21H18N2O4S. The highest BCUT2D eigenvalue weighted by Crippen LogP contribution is 2.23. The second-order valence-electron chi connectivity index (χ2n) is 6.01. The van der Waals surface area contributed by atoms with E-state index in [-0.39, 0.29) is 16.8 Å². The van der Waals surface area contributed by atoms with E-state index in [0.29, 0.717) is 17.0 Å². The van der Waals surface area contributed by atoms with Gasteiger partial charge in [0.1, 0.15) is 5.76 Å². The van der Waals surface area contributed by atoms with Gasteiger partial charge in [-0.1, -0.05) is 19.1 Å². The third-order valence-corrected chi connectivity index (χ3v) is 4.30. The first kappa shape index (κ1) is 19.3. The number of benzene rings is 2. The minimum absolute atomic E-state index is 0.118. The molecule has 1 aromatic heterocycles. The number of carbonyl (C=O) groups excluding carboxylic acids is 1. The number of furan rings is 1. The summed E-state index contributed by atoms with van der Waals surface area (Å²) >= 11 is 5.19. The fourth-order valence-electron chi connectivity index (χ4n) is 2.56. The Labute approximate surface area is 167 Å². The highest BCUT2D eigenvalue weighted by molar-refractivity contribution is 7.80. The van der Waals surface area contributed by atoms with E-state index in [2.05, 4.69) is 17.6 Å². The molecule has 1 heterocycles. The summed E-state index contributed by atoms with van der Waals surface area (Å²) in [5.41, 5.74) is 3.09. The predicted molar refractivity (Wildman–Crippen MR) is 111 cm³/mol. The van der Waals surface area contributed by atoms with E-state index in [1.54, 1.807) is 42.5 Å². The zero-order valence-electron chi connectivity index (χ0n) is 15.1. The number of hydrogen-bond donors (Lipinski definition) is 3. The topological polar surface area (TPSA) is 91.6 Å². The summed E-state index contributed by atoms with van der Waals surface area (Å²) in [5, 5.41) is 14.7. The zero-order valence-corrected chi connectivity index (χ0v) is 15.9. The van der Waals surface area contributed by atoms with Crippen LogP contribution in [0.25, 0.3) is 11.3 Å². The van der Waals surface area contributed by atoms with Gasteiger partial charge in [0, 0.05) is 16.8 Å². The van der Waals surface area contributed by atoms with Crippen LogP contribution in [0.5, 0.6) is 0 Å². The third kappa shape index (κ3) is 4.63. The van der Waals surface area contributed by atoms with Gasteiger partial charge in [-0.15, -0.1) is 0 Å². The summed E-state index contributed by atoms with van der Waals surface area (Å²) in [6.45, 7) is 2.05. The maximum atomic E-state index is 12.2. The Hall–Kier alpha value is -3.45. The van der Waals surface area contributed by atoms with E-state index < -0.39 is 5.97 Å². The van der Waals surface area contributed by atoms with Crippen molar-refractivity contribution in [2.24, 2.45) is 0 Å². The fraction of sp³-hybridized carbons (Fsp3) is 0.0952. The molecule has 3 rings (SSSR count). The Morgan fingerprint density at radius 1 is 1.00 bits per heavy atom. The molecular weight excluding hydrogens is 376 g/mol. The lowest BCUT2D eigenvalue weighted by molar-refractivity contribution is 0.0663. The molecule has 2 aromatic carbocycles. The number of nitrogens with one attached hydrogen (secondary N) is 2. The maximum Gasteiger partial charge on any atom is 0.371 e. The molecule has 6 nitrogen and oxygen atoms in total. The minimum atomic E-state index is -1.12. The number of anilines is 1. The van der Waals surface area contributed by atoms with Crippen LogP contribution in [0.1, 0.15) is 33.4 Å². The van der Waals surface area contributed by atoms with E-state index in [0.717, 1.165) is 17.5 Å². The first-order chi connectivity index (χ1) is 13.5. The lowest BCUT2D eigenvalue weighted by atomic mass is 10.1. The number of rotatable bonds is 5. The van der Waals surface area contributed by atoms with E-state index >= 15 is 0 Å². The molecule has 0 saturated heterocycles. The van der Waals surface area contributed by atoms with Crippen LogP contribution in [0.15, 0.2) is 65.1 Å². The number of amides is 1. The molecule has 0 saturated carbocycles. The number of carboxylic acid groups (broad SMARTS) is 1. The normalized spacial score (nSPS) is 10.3. The standard InChI is InChI=1S/C21H18N2O4S/c1-2-13-3-5-15(6-4-13)19(24)23-21(28)22-16-9-7-14(8-10-16)17-11-12-18(27-17)20(25)26/h3-12H,2H2,1H3,(H,25,26)(H2,22,23,24,28). The largest absolute Gasteiger partial charge is 0.475 e. The quantitative estimate of drug-likeness (QED) is 0.558. The second-order valence-corrected chi connectivity index (χ2v) is 6.41. The molecule has 0 radical (unpaired) electrons. The smallest absolute Gasteiger partial charge is 0.371 e. The number of carbonyl (C=O) groups is 2. The van der Waals surface area contributed by atoms with Crippen LogP contribution < -0.4 is 10.6 Å². The van der Waals surface area contributed by atoms with Gasteiger partial charge < -0.3 is 14.8 Å². The molecule has 0 bridgehead atoms. The summed E-state index contributed by atoms with van der Waals surface area (Å²) < 4.78 is 5.27. The first-order valence-electron chi connectivity index (χ1n) is 8.61. The van der Waals surface area contributed by atoms with Crippen molar-refractivity contribution in [1.29, 1.82) is 0 Å². The number of aromatic carboxylic acids is 1.